The smallest absolute Gasteiger partial charge is 0.354 e. The molecular formula is C13H8BrClN2O3. The predicted molar refractivity (Wildman–Crippen MR) is 78.3 cm³/mol. The first kappa shape index (κ1) is 14.5. The number of nitrogens with one attached hydrogen (secondary N) is 1. The minimum atomic E-state index is -1.13. The van der Waals surface area contributed by atoms with Crippen LogP contribution in [0.5, 0.6) is 0 Å². The lowest BCUT2D eigenvalue weighted by molar-refractivity contribution is 0.0690. The number of rotatable bonds is 3. The zero-order valence-electron chi connectivity index (χ0n) is 9.93. The van der Waals surface area contributed by atoms with E-state index in [1.165, 1.54) is 18.3 Å². The molecular weight excluding hydrogens is 348 g/mol. The Hall–Kier alpha value is -1.92. The maximum Gasteiger partial charge on any atom is 0.354 e. The molecule has 102 valence electrons. The molecule has 2 aromatic rings. The van der Waals surface area contributed by atoms with Crippen LogP contribution >= 0.6 is 27.5 Å². The van der Waals surface area contributed by atoms with Crippen LogP contribution in [0, 0.1) is 0 Å². The molecule has 0 aliphatic rings. The number of carboxylic acid groups (broad SMARTS) is 1. The number of halogens is 2. The van der Waals surface area contributed by atoms with Crippen LogP contribution in [-0.2, 0) is 0 Å². The number of carboxylic acids is 1. The lowest BCUT2D eigenvalue weighted by atomic mass is 10.2. The third kappa shape index (κ3) is 3.34. The molecule has 0 unspecified atom stereocenters. The minimum Gasteiger partial charge on any atom is -0.477 e. The van der Waals surface area contributed by atoms with E-state index in [1.54, 1.807) is 18.2 Å². The molecule has 7 heteroatoms. The van der Waals surface area contributed by atoms with Crippen LogP contribution in [0.25, 0.3) is 0 Å². The Bertz CT molecular complexity index is 674. The van der Waals surface area contributed by atoms with Gasteiger partial charge in [-0.2, -0.15) is 0 Å². The Morgan fingerprint density at radius 1 is 1.25 bits per heavy atom. The highest BCUT2D eigenvalue weighted by Crippen LogP contribution is 2.22. The average molecular weight is 356 g/mol. The molecule has 1 amide bonds. The fraction of sp³-hybridized carbons (Fsp3) is 0. The number of anilines is 1. The van der Waals surface area contributed by atoms with E-state index in [1.807, 2.05) is 0 Å². The summed E-state index contributed by atoms with van der Waals surface area (Å²) in [4.78, 5) is 26.4. The van der Waals surface area contributed by atoms with Crippen LogP contribution in [0.3, 0.4) is 0 Å². The van der Waals surface area contributed by atoms with Gasteiger partial charge >= 0.3 is 5.97 Å². The fourth-order valence-electron chi connectivity index (χ4n) is 1.46. The van der Waals surface area contributed by atoms with Gasteiger partial charge in [-0.1, -0.05) is 27.5 Å². The Kier molecular flexibility index (Phi) is 4.36. The molecule has 0 aliphatic heterocycles. The second kappa shape index (κ2) is 6.02. The highest BCUT2D eigenvalue weighted by Gasteiger charge is 2.12. The molecule has 2 rings (SSSR count). The van der Waals surface area contributed by atoms with Crippen LogP contribution < -0.4 is 5.32 Å². The van der Waals surface area contributed by atoms with Gasteiger partial charge in [0.05, 0.1) is 22.5 Å². The van der Waals surface area contributed by atoms with Crippen molar-refractivity contribution in [2.75, 3.05) is 5.32 Å². The monoisotopic (exact) mass is 354 g/mol. The van der Waals surface area contributed by atoms with E-state index in [2.05, 4.69) is 26.2 Å². The second-order valence-electron chi connectivity index (χ2n) is 3.82. The molecule has 0 aliphatic carbocycles. The molecule has 0 saturated heterocycles. The Balaban J connectivity index is 2.19. The van der Waals surface area contributed by atoms with Gasteiger partial charge in [-0.25, -0.2) is 9.78 Å². The van der Waals surface area contributed by atoms with Gasteiger partial charge in [0.25, 0.3) is 5.91 Å². The molecule has 0 bridgehead atoms. The van der Waals surface area contributed by atoms with Gasteiger partial charge in [0, 0.05) is 4.47 Å². The van der Waals surface area contributed by atoms with Crippen LogP contribution in [0.2, 0.25) is 5.02 Å². The molecule has 5 nitrogen and oxygen atoms in total. The summed E-state index contributed by atoms with van der Waals surface area (Å²) in [6.45, 7) is 0. The fourth-order valence-corrected chi connectivity index (χ4v) is 2.03. The van der Waals surface area contributed by atoms with Gasteiger partial charge in [0.1, 0.15) is 5.69 Å². The maximum atomic E-state index is 12.0. The van der Waals surface area contributed by atoms with E-state index in [-0.39, 0.29) is 5.69 Å². The van der Waals surface area contributed by atoms with E-state index in [9.17, 15) is 9.59 Å². The van der Waals surface area contributed by atoms with Crippen molar-refractivity contribution in [1.82, 2.24) is 4.98 Å². The normalized spacial score (nSPS) is 10.1. The largest absolute Gasteiger partial charge is 0.477 e. The van der Waals surface area contributed by atoms with Gasteiger partial charge < -0.3 is 10.4 Å². The standard InChI is InChI=1S/C13H8BrClN2O3/c14-7-1-3-10(15)9(5-7)12(18)17-8-2-4-11(13(19)20)16-6-8/h1-6H,(H,17,18)(H,19,20). The molecule has 0 spiro atoms. The summed E-state index contributed by atoms with van der Waals surface area (Å²) in [5, 5.41) is 11.6. The second-order valence-corrected chi connectivity index (χ2v) is 5.14. The number of pyridine rings is 1. The van der Waals surface area contributed by atoms with E-state index in [0.29, 0.717) is 16.3 Å². The lowest BCUT2D eigenvalue weighted by Gasteiger charge is -2.07. The summed E-state index contributed by atoms with van der Waals surface area (Å²) >= 11 is 9.21. The van der Waals surface area contributed by atoms with E-state index >= 15 is 0 Å². The number of nitrogens with zero attached hydrogens (tertiary/aromatic N) is 1. The summed E-state index contributed by atoms with van der Waals surface area (Å²) in [5.74, 6) is -1.53. The first-order valence-corrected chi connectivity index (χ1v) is 6.60. The van der Waals surface area contributed by atoms with E-state index in [0.717, 1.165) is 4.47 Å². The molecule has 1 aromatic heterocycles. The highest BCUT2D eigenvalue weighted by molar-refractivity contribution is 9.10. The summed E-state index contributed by atoms with van der Waals surface area (Å²) in [5.41, 5.74) is 0.600. The minimum absolute atomic E-state index is 0.0940. The van der Waals surface area contributed by atoms with Crippen molar-refractivity contribution >= 4 is 45.1 Å². The number of aromatic carboxylic acids is 1. The predicted octanol–water partition coefficient (Wildman–Crippen LogP) is 3.45. The van der Waals surface area contributed by atoms with Crippen LogP contribution in [0.15, 0.2) is 41.0 Å². The SMILES string of the molecule is O=C(O)c1ccc(NC(=O)c2cc(Br)ccc2Cl)cn1. The molecule has 0 atom stereocenters. The van der Waals surface area contributed by atoms with Gasteiger partial charge in [-0.3, -0.25) is 4.79 Å². The summed E-state index contributed by atoms with van der Waals surface area (Å²) in [6, 6.07) is 7.69. The number of amides is 1. The van der Waals surface area contributed by atoms with Crippen LogP contribution in [0.4, 0.5) is 5.69 Å². The number of benzene rings is 1. The molecule has 0 radical (unpaired) electrons. The summed E-state index contributed by atoms with van der Waals surface area (Å²) in [7, 11) is 0. The average Bonchev–Trinajstić information content (AvgIpc) is 2.42. The zero-order valence-corrected chi connectivity index (χ0v) is 12.3. The van der Waals surface area contributed by atoms with Crippen molar-refractivity contribution in [1.29, 1.82) is 0 Å². The Morgan fingerprint density at radius 3 is 2.60 bits per heavy atom. The molecule has 2 N–H and O–H groups in total. The van der Waals surface area contributed by atoms with Gasteiger partial charge in [-0.15, -0.1) is 0 Å². The topological polar surface area (TPSA) is 79.3 Å². The van der Waals surface area contributed by atoms with Crippen molar-refractivity contribution in [2.24, 2.45) is 0 Å². The van der Waals surface area contributed by atoms with Crippen molar-refractivity contribution < 1.29 is 14.7 Å². The number of carbonyl (C=O) groups excluding carboxylic acids is 1. The maximum absolute atomic E-state index is 12.0. The molecule has 0 saturated carbocycles. The quantitative estimate of drug-likeness (QED) is 0.884. The van der Waals surface area contributed by atoms with E-state index in [4.69, 9.17) is 16.7 Å². The molecule has 1 aromatic carbocycles. The number of aromatic nitrogens is 1. The van der Waals surface area contributed by atoms with E-state index < -0.39 is 11.9 Å². The highest BCUT2D eigenvalue weighted by atomic mass is 79.9. The van der Waals surface area contributed by atoms with Crippen molar-refractivity contribution in [3.63, 3.8) is 0 Å². The number of hydrogen-bond acceptors (Lipinski definition) is 3. The van der Waals surface area contributed by atoms with Crippen LogP contribution in [-0.4, -0.2) is 22.0 Å². The number of carbonyl (C=O) groups is 2. The van der Waals surface area contributed by atoms with Crippen molar-refractivity contribution in [3.8, 4) is 0 Å². The zero-order chi connectivity index (χ0) is 14.7. The molecule has 0 fully saturated rings. The number of hydrogen-bond donors (Lipinski definition) is 2. The van der Waals surface area contributed by atoms with Crippen molar-refractivity contribution in [2.45, 2.75) is 0 Å². The lowest BCUT2D eigenvalue weighted by Crippen LogP contribution is -2.13. The van der Waals surface area contributed by atoms with Gasteiger partial charge in [0.2, 0.25) is 0 Å². The third-order valence-electron chi connectivity index (χ3n) is 2.41. The Labute approximate surface area is 127 Å². The Morgan fingerprint density at radius 2 is 2.00 bits per heavy atom. The van der Waals surface area contributed by atoms with Gasteiger partial charge in [0.15, 0.2) is 0 Å². The summed E-state index contributed by atoms with van der Waals surface area (Å²) in [6.07, 6.45) is 1.27. The van der Waals surface area contributed by atoms with Crippen LogP contribution in [0.1, 0.15) is 20.8 Å². The molecule has 20 heavy (non-hydrogen) atoms. The van der Waals surface area contributed by atoms with Crippen molar-refractivity contribution in [3.05, 3.63) is 57.3 Å². The third-order valence-corrected chi connectivity index (χ3v) is 3.24. The first-order valence-electron chi connectivity index (χ1n) is 5.43. The first-order chi connectivity index (χ1) is 9.47. The molecule has 1 heterocycles. The van der Waals surface area contributed by atoms with Gasteiger partial charge in [-0.05, 0) is 30.3 Å². The summed E-state index contributed by atoms with van der Waals surface area (Å²) < 4.78 is 0.728.